The summed E-state index contributed by atoms with van der Waals surface area (Å²) in [6.45, 7) is 9.79. The molecule has 1 aliphatic carbocycles. The van der Waals surface area contributed by atoms with Crippen molar-refractivity contribution < 1.29 is 19.1 Å². The van der Waals surface area contributed by atoms with Crippen LogP contribution >= 0.6 is 0 Å². The van der Waals surface area contributed by atoms with Gasteiger partial charge in [-0.1, -0.05) is 26.8 Å². The average Bonchev–Trinajstić information content (AvgIpc) is 3.31. The van der Waals surface area contributed by atoms with Crippen LogP contribution in [0.15, 0.2) is 6.08 Å². The molecule has 1 aromatic heterocycles. The van der Waals surface area contributed by atoms with Crippen molar-refractivity contribution in [2.75, 3.05) is 33.9 Å². The van der Waals surface area contributed by atoms with Crippen LogP contribution in [-0.2, 0) is 27.4 Å². The third-order valence-electron chi connectivity index (χ3n) is 7.21. The van der Waals surface area contributed by atoms with Gasteiger partial charge in [0, 0.05) is 39.4 Å². The van der Waals surface area contributed by atoms with Crippen molar-refractivity contribution in [1.29, 1.82) is 0 Å². The zero-order valence-electron chi connectivity index (χ0n) is 20.7. The molecule has 1 atom stereocenters. The van der Waals surface area contributed by atoms with E-state index in [1.807, 2.05) is 20.8 Å². The van der Waals surface area contributed by atoms with Gasteiger partial charge in [-0.15, -0.1) is 0 Å². The molecule has 182 valence electrons. The average molecular weight is 459 g/mol. The van der Waals surface area contributed by atoms with Crippen molar-refractivity contribution in [1.82, 2.24) is 19.8 Å². The molecule has 8 nitrogen and oxygen atoms in total. The summed E-state index contributed by atoms with van der Waals surface area (Å²) in [6, 6.07) is 0. The number of nitrogens with zero attached hydrogens (tertiary/aromatic N) is 3. The van der Waals surface area contributed by atoms with E-state index in [0.717, 1.165) is 49.4 Å². The molecular weight excluding hydrogens is 420 g/mol. The first-order valence-corrected chi connectivity index (χ1v) is 12.1. The number of carbonyl (C=O) groups is 2. The molecule has 33 heavy (non-hydrogen) atoms. The normalized spacial score (nSPS) is 21.9. The zero-order chi connectivity index (χ0) is 23.8. The first kappa shape index (κ1) is 24.1. The molecule has 1 spiro atoms. The molecule has 1 N–H and O–H groups in total. The molecule has 3 heterocycles. The number of carbonyl (C=O) groups excluding carboxylic acids is 2. The maximum atomic E-state index is 13.6. The Bertz CT molecular complexity index is 937. The fraction of sp³-hybridized carbons (Fsp3) is 0.720. The van der Waals surface area contributed by atoms with E-state index >= 15 is 0 Å². The fourth-order valence-electron chi connectivity index (χ4n) is 5.21. The number of hydrogen-bond acceptors (Lipinski definition) is 6. The second kappa shape index (κ2) is 9.31. The number of Topliss-reactive ketones (excluding diaryl/α,β-unsaturated/α-hetero) is 1. The van der Waals surface area contributed by atoms with Crippen LogP contribution in [0.4, 0.5) is 0 Å². The monoisotopic (exact) mass is 458 g/mol. The van der Waals surface area contributed by atoms with Crippen molar-refractivity contribution in [3.63, 3.8) is 0 Å². The standard InChI is InChI=1S/C25H38N4O4/c1-24(2,3)18(23(31)26-4)15-20(30)21-19-16-28(5)11-6-12-29(19)22(27-21)17-7-9-25(10-8-17)32-13-14-33-25/h7,18H,6,8-16H2,1-5H3,(H,26,31)/t18-/m1/s1. The number of nitrogens with one attached hydrogen (secondary N) is 1. The van der Waals surface area contributed by atoms with Crippen LogP contribution in [-0.4, -0.2) is 65.8 Å². The first-order chi connectivity index (χ1) is 15.6. The van der Waals surface area contributed by atoms with Gasteiger partial charge in [0.2, 0.25) is 5.91 Å². The van der Waals surface area contributed by atoms with Gasteiger partial charge in [0.15, 0.2) is 11.6 Å². The van der Waals surface area contributed by atoms with Gasteiger partial charge in [-0.3, -0.25) is 9.59 Å². The van der Waals surface area contributed by atoms with Gasteiger partial charge >= 0.3 is 0 Å². The Labute approximate surface area is 196 Å². The summed E-state index contributed by atoms with van der Waals surface area (Å²) >= 11 is 0. The van der Waals surface area contributed by atoms with Crippen molar-refractivity contribution in [2.45, 2.75) is 71.8 Å². The van der Waals surface area contributed by atoms with Gasteiger partial charge < -0.3 is 24.3 Å². The summed E-state index contributed by atoms with van der Waals surface area (Å²) in [5.41, 5.74) is 2.32. The molecule has 1 fully saturated rings. The Kier molecular flexibility index (Phi) is 6.80. The van der Waals surface area contributed by atoms with Crippen LogP contribution in [0.1, 0.15) is 74.9 Å². The maximum absolute atomic E-state index is 13.6. The molecule has 0 aromatic carbocycles. The third kappa shape index (κ3) is 4.93. The quantitative estimate of drug-likeness (QED) is 0.683. The highest BCUT2D eigenvalue weighted by Crippen LogP contribution is 2.39. The summed E-state index contributed by atoms with van der Waals surface area (Å²) in [5.74, 6) is -0.160. The second-order valence-corrected chi connectivity index (χ2v) is 10.7. The second-order valence-electron chi connectivity index (χ2n) is 10.7. The number of fused-ring (bicyclic) bond motifs is 1. The van der Waals surface area contributed by atoms with Crippen LogP contribution in [0.25, 0.3) is 5.57 Å². The molecule has 1 saturated heterocycles. The Balaban J connectivity index is 1.67. The summed E-state index contributed by atoms with van der Waals surface area (Å²) < 4.78 is 14.0. The lowest BCUT2D eigenvalue weighted by Crippen LogP contribution is -2.37. The molecule has 8 heteroatoms. The van der Waals surface area contributed by atoms with Crippen LogP contribution in [0, 0.1) is 11.3 Å². The Morgan fingerprint density at radius 2 is 1.97 bits per heavy atom. The summed E-state index contributed by atoms with van der Waals surface area (Å²) in [6.07, 6.45) is 5.65. The zero-order valence-corrected chi connectivity index (χ0v) is 20.7. The van der Waals surface area contributed by atoms with E-state index in [0.29, 0.717) is 31.9 Å². The largest absolute Gasteiger partial charge is 0.359 e. The van der Waals surface area contributed by atoms with Crippen LogP contribution in [0.5, 0.6) is 0 Å². The molecule has 2 aliphatic heterocycles. The minimum atomic E-state index is -0.482. The number of amides is 1. The number of hydrogen-bond donors (Lipinski definition) is 1. The van der Waals surface area contributed by atoms with Gasteiger partial charge in [-0.2, -0.15) is 0 Å². The maximum Gasteiger partial charge on any atom is 0.223 e. The molecule has 1 aromatic rings. The third-order valence-corrected chi connectivity index (χ3v) is 7.21. The van der Waals surface area contributed by atoms with E-state index in [-0.39, 0.29) is 23.5 Å². The van der Waals surface area contributed by atoms with Crippen molar-refractivity contribution >= 4 is 17.3 Å². The Hall–Kier alpha value is -2.03. The van der Waals surface area contributed by atoms with E-state index in [9.17, 15) is 9.59 Å². The molecular formula is C25H38N4O4. The lowest BCUT2D eigenvalue weighted by atomic mass is 9.77. The summed E-state index contributed by atoms with van der Waals surface area (Å²) in [7, 11) is 3.71. The Morgan fingerprint density at radius 1 is 1.24 bits per heavy atom. The number of rotatable bonds is 5. The predicted octanol–water partition coefficient (Wildman–Crippen LogP) is 3.01. The lowest BCUT2D eigenvalue weighted by molar-refractivity contribution is -0.159. The minimum Gasteiger partial charge on any atom is -0.359 e. The van der Waals surface area contributed by atoms with Gasteiger partial charge in [-0.25, -0.2) is 4.98 Å². The molecule has 3 aliphatic rings. The number of ether oxygens (including phenoxy) is 2. The number of aromatic nitrogens is 2. The first-order valence-electron chi connectivity index (χ1n) is 12.1. The SMILES string of the molecule is CNC(=O)[C@@H](CC(=O)c1nc(C2=CCC3(CC2)OCCO3)n2c1CN(C)CCC2)C(C)(C)C. The van der Waals surface area contributed by atoms with Crippen molar-refractivity contribution in [2.24, 2.45) is 11.3 Å². The minimum absolute atomic E-state index is 0.0563. The summed E-state index contributed by atoms with van der Waals surface area (Å²) in [5, 5.41) is 2.73. The van der Waals surface area contributed by atoms with Crippen LogP contribution in [0.3, 0.4) is 0 Å². The number of imidazole rings is 1. The molecule has 4 rings (SSSR count). The van der Waals surface area contributed by atoms with E-state index in [1.54, 1.807) is 7.05 Å². The van der Waals surface area contributed by atoms with Crippen molar-refractivity contribution in [3.05, 3.63) is 23.3 Å². The van der Waals surface area contributed by atoms with Gasteiger partial charge in [0.05, 0.1) is 24.8 Å². The molecule has 0 saturated carbocycles. The smallest absolute Gasteiger partial charge is 0.223 e. The summed E-state index contributed by atoms with van der Waals surface area (Å²) in [4.78, 5) is 33.3. The van der Waals surface area contributed by atoms with Gasteiger partial charge in [0.25, 0.3) is 0 Å². The van der Waals surface area contributed by atoms with Crippen molar-refractivity contribution in [3.8, 4) is 0 Å². The highest BCUT2D eigenvalue weighted by molar-refractivity contribution is 5.98. The highest BCUT2D eigenvalue weighted by atomic mass is 16.7. The van der Waals surface area contributed by atoms with Crippen LogP contribution in [0.2, 0.25) is 0 Å². The van der Waals surface area contributed by atoms with Gasteiger partial charge in [-0.05, 0) is 37.4 Å². The molecule has 1 amide bonds. The highest BCUT2D eigenvalue weighted by Gasteiger charge is 2.39. The topological polar surface area (TPSA) is 85.7 Å². The molecule has 0 radical (unpaired) electrons. The lowest BCUT2D eigenvalue weighted by Gasteiger charge is -2.30. The van der Waals surface area contributed by atoms with Gasteiger partial charge in [0.1, 0.15) is 11.5 Å². The van der Waals surface area contributed by atoms with Crippen LogP contribution < -0.4 is 5.32 Å². The predicted molar refractivity (Wildman–Crippen MR) is 126 cm³/mol. The number of allylic oxidation sites excluding steroid dienone is 1. The fourth-order valence-corrected chi connectivity index (χ4v) is 5.21. The molecule has 0 bridgehead atoms. The van der Waals surface area contributed by atoms with E-state index in [4.69, 9.17) is 14.5 Å². The number of ketones is 1. The molecule has 0 unspecified atom stereocenters. The Morgan fingerprint density at radius 3 is 2.58 bits per heavy atom. The van der Waals surface area contributed by atoms with E-state index < -0.39 is 11.7 Å². The van der Waals surface area contributed by atoms with E-state index in [1.165, 1.54) is 0 Å². The van der Waals surface area contributed by atoms with E-state index in [2.05, 4.69) is 27.9 Å².